The van der Waals surface area contributed by atoms with E-state index in [2.05, 4.69) is 65.8 Å². The minimum Gasteiger partial charge on any atom is -0.489 e. The number of benzene rings is 2. The highest BCUT2D eigenvalue weighted by Gasteiger charge is 2.18. The molecule has 0 N–H and O–H groups in total. The smallest absolute Gasteiger partial charge is 0.160 e. The summed E-state index contributed by atoms with van der Waals surface area (Å²) < 4.78 is 8.23. The minimum absolute atomic E-state index is 0.581. The zero-order chi connectivity index (χ0) is 23.7. The van der Waals surface area contributed by atoms with Gasteiger partial charge in [0.15, 0.2) is 6.29 Å². The number of aldehydes is 1. The Labute approximate surface area is 204 Å². The van der Waals surface area contributed by atoms with Gasteiger partial charge in [-0.05, 0) is 60.7 Å². The predicted octanol–water partition coefficient (Wildman–Crippen LogP) is 5.93. The molecule has 0 saturated heterocycles. The van der Waals surface area contributed by atoms with Gasteiger partial charge in [-0.3, -0.25) is 9.69 Å². The summed E-state index contributed by atoms with van der Waals surface area (Å²) in [5.41, 5.74) is 7.40. The van der Waals surface area contributed by atoms with E-state index in [0.29, 0.717) is 6.61 Å². The Morgan fingerprint density at radius 2 is 2.03 bits per heavy atom. The van der Waals surface area contributed by atoms with Gasteiger partial charge in [-0.2, -0.15) is 0 Å². The molecule has 0 radical (unpaired) electrons. The van der Waals surface area contributed by atoms with E-state index in [9.17, 15) is 4.79 Å². The third-order valence-corrected chi connectivity index (χ3v) is 7.51. The standard InChI is InChI=1S/C28H29N3O2S/c1-19-7-8-23(20(2)13-19)18-33-24-6-4-5-22(14-24)21-9-11-31(12-10-21)16-27-29-28-26(30(27)3)15-25(17-32)34-28/h4-9,13-15,17H,10-12,16,18H2,1-3H3. The summed E-state index contributed by atoms with van der Waals surface area (Å²) in [5.74, 6) is 1.95. The summed E-state index contributed by atoms with van der Waals surface area (Å²) in [5, 5.41) is 0. The maximum Gasteiger partial charge on any atom is 0.160 e. The van der Waals surface area contributed by atoms with Crippen molar-refractivity contribution in [2.45, 2.75) is 33.4 Å². The van der Waals surface area contributed by atoms with Crippen LogP contribution in [0.1, 0.15) is 44.2 Å². The summed E-state index contributed by atoms with van der Waals surface area (Å²) in [6.07, 6.45) is 4.21. The second-order valence-electron chi connectivity index (χ2n) is 9.00. The predicted molar refractivity (Wildman–Crippen MR) is 139 cm³/mol. The van der Waals surface area contributed by atoms with Crippen LogP contribution in [0.15, 0.2) is 54.6 Å². The van der Waals surface area contributed by atoms with E-state index >= 15 is 0 Å². The fraction of sp³-hybridized carbons (Fsp3) is 0.286. The molecule has 34 heavy (non-hydrogen) atoms. The Balaban J connectivity index is 1.23. The van der Waals surface area contributed by atoms with Crippen molar-refractivity contribution in [2.24, 2.45) is 7.05 Å². The summed E-state index contributed by atoms with van der Waals surface area (Å²) in [4.78, 5) is 19.9. The highest BCUT2D eigenvalue weighted by Crippen LogP contribution is 2.28. The lowest BCUT2D eigenvalue weighted by Gasteiger charge is -2.26. The van der Waals surface area contributed by atoms with Gasteiger partial charge in [0.1, 0.15) is 23.0 Å². The molecule has 4 aromatic rings. The van der Waals surface area contributed by atoms with Crippen LogP contribution in [0.5, 0.6) is 5.75 Å². The Morgan fingerprint density at radius 3 is 2.76 bits per heavy atom. The number of ether oxygens (including phenoxy) is 1. The van der Waals surface area contributed by atoms with Crippen LogP contribution in [0.4, 0.5) is 0 Å². The molecule has 1 aliphatic heterocycles. The molecule has 0 atom stereocenters. The molecule has 6 heteroatoms. The van der Waals surface area contributed by atoms with Gasteiger partial charge < -0.3 is 9.30 Å². The molecule has 0 fully saturated rings. The van der Waals surface area contributed by atoms with Gasteiger partial charge in [-0.25, -0.2) is 4.98 Å². The molecule has 3 heterocycles. The second-order valence-corrected chi connectivity index (χ2v) is 10.1. The molecular formula is C28H29N3O2S. The van der Waals surface area contributed by atoms with Crippen LogP contribution in [0, 0.1) is 13.8 Å². The van der Waals surface area contributed by atoms with E-state index in [-0.39, 0.29) is 0 Å². The van der Waals surface area contributed by atoms with Crippen LogP contribution in [-0.2, 0) is 20.2 Å². The zero-order valence-electron chi connectivity index (χ0n) is 19.9. The van der Waals surface area contributed by atoms with Crippen LogP contribution >= 0.6 is 11.3 Å². The number of fused-ring (bicyclic) bond motifs is 1. The third kappa shape index (κ3) is 4.69. The molecule has 174 valence electrons. The number of hydrogen-bond donors (Lipinski definition) is 0. The number of aromatic nitrogens is 2. The first-order chi connectivity index (χ1) is 16.5. The van der Waals surface area contributed by atoms with E-state index in [4.69, 9.17) is 9.72 Å². The van der Waals surface area contributed by atoms with Crippen molar-refractivity contribution in [2.75, 3.05) is 13.1 Å². The number of imidazole rings is 1. The first-order valence-corrected chi connectivity index (χ1v) is 12.4. The van der Waals surface area contributed by atoms with E-state index < -0.39 is 0 Å². The summed E-state index contributed by atoms with van der Waals surface area (Å²) >= 11 is 1.45. The molecule has 2 aromatic carbocycles. The zero-order valence-corrected chi connectivity index (χ0v) is 20.7. The molecular weight excluding hydrogens is 442 g/mol. The Morgan fingerprint density at radius 1 is 1.15 bits per heavy atom. The lowest BCUT2D eigenvalue weighted by molar-refractivity contribution is 0.112. The first-order valence-electron chi connectivity index (χ1n) is 11.6. The van der Waals surface area contributed by atoms with E-state index in [1.54, 1.807) is 0 Å². The SMILES string of the molecule is Cc1ccc(COc2cccc(C3=CCN(Cc4nc5sc(C=O)cc5n4C)CC3)c2)c(C)c1. The highest BCUT2D eigenvalue weighted by molar-refractivity contribution is 7.20. The number of rotatable bonds is 7. The van der Waals surface area contributed by atoms with Crippen LogP contribution in [0.2, 0.25) is 0 Å². The van der Waals surface area contributed by atoms with Crippen LogP contribution in [0.25, 0.3) is 15.9 Å². The number of nitrogens with zero attached hydrogens (tertiary/aromatic N) is 3. The van der Waals surface area contributed by atoms with Crippen molar-refractivity contribution in [3.8, 4) is 5.75 Å². The molecule has 0 amide bonds. The van der Waals surface area contributed by atoms with Gasteiger partial charge in [0, 0.05) is 20.1 Å². The fourth-order valence-corrected chi connectivity index (χ4v) is 5.41. The van der Waals surface area contributed by atoms with Crippen molar-refractivity contribution < 1.29 is 9.53 Å². The van der Waals surface area contributed by atoms with Crippen molar-refractivity contribution in [1.29, 1.82) is 0 Å². The van der Waals surface area contributed by atoms with Gasteiger partial charge in [0.2, 0.25) is 0 Å². The molecule has 0 aliphatic carbocycles. The number of carbonyl (C=O) groups excluding carboxylic acids is 1. The summed E-state index contributed by atoms with van der Waals surface area (Å²) in [7, 11) is 2.03. The van der Waals surface area contributed by atoms with Crippen molar-refractivity contribution in [3.05, 3.63) is 87.6 Å². The average Bonchev–Trinajstić information content (AvgIpc) is 3.38. The molecule has 2 aromatic heterocycles. The summed E-state index contributed by atoms with van der Waals surface area (Å²) in [6, 6.07) is 16.8. The first kappa shape index (κ1) is 22.6. The Bertz CT molecular complexity index is 1380. The highest BCUT2D eigenvalue weighted by atomic mass is 32.1. The van der Waals surface area contributed by atoms with Gasteiger partial charge >= 0.3 is 0 Å². The average molecular weight is 472 g/mol. The molecule has 0 bridgehead atoms. The lowest BCUT2D eigenvalue weighted by atomic mass is 9.99. The number of thiophene rings is 1. The molecule has 1 aliphatic rings. The van der Waals surface area contributed by atoms with Crippen molar-refractivity contribution >= 4 is 33.5 Å². The van der Waals surface area contributed by atoms with Crippen LogP contribution in [-0.4, -0.2) is 33.8 Å². The van der Waals surface area contributed by atoms with Gasteiger partial charge in [-0.1, -0.05) is 42.0 Å². The maximum absolute atomic E-state index is 11.0. The van der Waals surface area contributed by atoms with Gasteiger partial charge in [0.05, 0.1) is 16.9 Å². The monoisotopic (exact) mass is 471 g/mol. The van der Waals surface area contributed by atoms with E-state index in [1.165, 1.54) is 39.2 Å². The summed E-state index contributed by atoms with van der Waals surface area (Å²) in [6.45, 7) is 7.51. The number of hydrogen-bond acceptors (Lipinski definition) is 5. The maximum atomic E-state index is 11.0. The van der Waals surface area contributed by atoms with Crippen molar-refractivity contribution in [3.63, 3.8) is 0 Å². The molecule has 0 saturated carbocycles. The third-order valence-electron chi connectivity index (χ3n) is 6.56. The normalized spacial score (nSPS) is 14.4. The van der Waals surface area contributed by atoms with E-state index in [1.807, 2.05) is 19.2 Å². The number of aryl methyl sites for hydroxylation is 3. The topological polar surface area (TPSA) is 47.4 Å². The molecule has 5 nitrogen and oxygen atoms in total. The molecule has 5 rings (SSSR count). The minimum atomic E-state index is 0.581. The van der Waals surface area contributed by atoms with E-state index in [0.717, 1.165) is 59.1 Å². The molecule has 0 unspecified atom stereocenters. The van der Waals surface area contributed by atoms with Crippen molar-refractivity contribution in [1.82, 2.24) is 14.5 Å². The van der Waals surface area contributed by atoms with Gasteiger partial charge in [0.25, 0.3) is 0 Å². The molecule has 0 spiro atoms. The lowest BCUT2D eigenvalue weighted by Crippen LogP contribution is -2.29. The fourth-order valence-electron chi connectivity index (χ4n) is 4.51. The largest absolute Gasteiger partial charge is 0.489 e. The van der Waals surface area contributed by atoms with Gasteiger partial charge in [-0.15, -0.1) is 11.3 Å². The Hall–Kier alpha value is -3.22. The Kier molecular flexibility index (Phi) is 6.35. The second kappa shape index (κ2) is 9.57. The van der Waals surface area contributed by atoms with Crippen LogP contribution < -0.4 is 4.74 Å². The van der Waals surface area contributed by atoms with Crippen LogP contribution in [0.3, 0.4) is 0 Å². The number of carbonyl (C=O) groups is 1. The quantitative estimate of drug-likeness (QED) is 0.313.